The van der Waals surface area contributed by atoms with Gasteiger partial charge in [-0.05, 0) is 51.3 Å². The van der Waals surface area contributed by atoms with Crippen molar-refractivity contribution in [2.24, 2.45) is 5.92 Å². The molecule has 238 valence electrons. The van der Waals surface area contributed by atoms with Crippen molar-refractivity contribution in [3.63, 3.8) is 0 Å². The van der Waals surface area contributed by atoms with Crippen molar-refractivity contribution >= 4 is 22.5 Å². The van der Waals surface area contributed by atoms with Gasteiger partial charge in [0.15, 0.2) is 0 Å². The van der Waals surface area contributed by atoms with Crippen molar-refractivity contribution in [2.45, 2.75) is 43.2 Å². The van der Waals surface area contributed by atoms with E-state index in [9.17, 15) is 18.7 Å². The van der Waals surface area contributed by atoms with Gasteiger partial charge in [-0.25, -0.2) is 9.78 Å². The number of nitrogens with zero attached hydrogens (tertiary/aromatic N) is 7. The van der Waals surface area contributed by atoms with Crippen LogP contribution in [0.15, 0.2) is 42.6 Å². The molecule has 2 saturated heterocycles. The highest BCUT2D eigenvalue weighted by atomic mass is 32.3. The Labute approximate surface area is 261 Å². The van der Waals surface area contributed by atoms with Gasteiger partial charge in [-0.3, -0.25) is 18.8 Å². The summed E-state index contributed by atoms with van der Waals surface area (Å²) >= 11 is 0. The average molecular weight is 626 g/mol. The fourth-order valence-electron chi connectivity index (χ4n) is 6.83. The second kappa shape index (κ2) is 12.9. The first-order chi connectivity index (χ1) is 21.0. The molecule has 13 heteroatoms. The lowest BCUT2D eigenvalue weighted by molar-refractivity contribution is -0.131. The van der Waals surface area contributed by atoms with Crippen LogP contribution >= 0.6 is 10.6 Å². The summed E-state index contributed by atoms with van der Waals surface area (Å²) in [6.07, 6.45) is 6.80. The summed E-state index contributed by atoms with van der Waals surface area (Å²) in [4.78, 5) is 41.8. The molecule has 1 aromatic heterocycles. The van der Waals surface area contributed by atoms with Crippen LogP contribution in [-0.2, 0) is 10.3 Å². The van der Waals surface area contributed by atoms with Gasteiger partial charge < -0.3 is 19.4 Å². The molecule has 44 heavy (non-hydrogen) atoms. The Kier molecular flexibility index (Phi) is 9.36. The number of hydrogen-bond donors (Lipinski definition) is 2. The fraction of sp³-hybridized carbons (Fsp3) is 0.581. The first kappa shape index (κ1) is 32.0. The normalized spacial score (nSPS) is 26.8. The zero-order chi connectivity index (χ0) is 31.5. The topological polar surface area (TPSA) is 146 Å². The molecule has 12 nitrogen and oxygen atoms in total. The number of urea groups is 1. The molecule has 1 spiro atoms. The average Bonchev–Trinajstić information content (AvgIpc) is 3.24. The Balaban J connectivity index is 0.000000328. The Morgan fingerprint density at radius 1 is 1.16 bits per heavy atom. The molecule has 0 bridgehead atoms. The predicted molar refractivity (Wildman–Crippen MR) is 167 cm³/mol. The van der Waals surface area contributed by atoms with E-state index >= 15 is 0 Å². The first-order valence-electron chi connectivity index (χ1n) is 15.1. The molecule has 1 aromatic carbocycles. The third-order valence-corrected chi connectivity index (χ3v) is 11.3. The molecule has 2 aliphatic heterocycles. The molecule has 4 aliphatic rings. The summed E-state index contributed by atoms with van der Waals surface area (Å²) in [5, 5.41) is 8.33. The van der Waals surface area contributed by atoms with Gasteiger partial charge in [0.25, 0.3) is 0 Å². The van der Waals surface area contributed by atoms with Gasteiger partial charge in [0.05, 0.1) is 29.7 Å². The molecule has 2 saturated carbocycles. The summed E-state index contributed by atoms with van der Waals surface area (Å²) in [5.74, 6) is 1.46. The Bertz CT molecular complexity index is 1360. The summed E-state index contributed by atoms with van der Waals surface area (Å²) in [6, 6.07) is 13.9. The summed E-state index contributed by atoms with van der Waals surface area (Å²) in [6.45, 7) is 2.12. The number of benzene rings is 1. The summed E-state index contributed by atoms with van der Waals surface area (Å²) < 4.78 is 24.5. The number of nitriles is 1. The van der Waals surface area contributed by atoms with Gasteiger partial charge in [-0.15, -0.1) is 0 Å². The fourth-order valence-corrected chi connectivity index (χ4v) is 8.06. The van der Waals surface area contributed by atoms with Crippen molar-refractivity contribution in [2.75, 3.05) is 65.4 Å². The van der Waals surface area contributed by atoms with Gasteiger partial charge in [-0.2, -0.15) is 20.8 Å². The van der Waals surface area contributed by atoms with Crippen molar-refractivity contribution < 1.29 is 23.4 Å². The number of hydrogen-bond acceptors (Lipinski definition) is 9. The molecule has 0 unspecified atom stereocenters. The van der Waals surface area contributed by atoms with Crippen LogP contribution in [0.3, 0.4) is 0 Å². The van der Waals surface area contributed by atoms with Crippen LogP contribution < -0.4 is 4.74 Å². The number of amides is 3. The maximum Gasteiger partial charge on any atom is 0.321 e. The monoisotopic (exact) mass is 625 g/mol. The number of carbonyl (C=O) groups is 2. The second-order valence-corrected chi connectivity index (χ2v) is 15.0. The minimum Gasteiger partial charge on any atom is -0.481 e. The maximum absolute atomic E-state index is 13.6. The van der Waals surface area contributed by atoms with E-state index in [1.807, 2.05) is 6.07 Å². The lowest BCUT2D eigenvalue weighted by Gasteiger charge is -2.61. The molecular formula is C31H43N7O5S. The van der Waals surface area contributed by atoms with Crippen molar-refractivity contribution in [1.82, 2.24) is 29.6 Å². The van der Waals surface area contributed by atoms with Crippen molar-refractivity contribution in [1.29, 1.82) is 5.26 Å². The van der Waals surface area contributed by atoms with Crippen LogP contribution in [0.1, 0.15) is 43.5 Å². The highest BCUT2D eigenvalue weighted by Crippen LogP contribution is 2.57. The van der Waals surface area contributed by atoms with E-state index in [1.165, 1.54) is 38.1 Å². The molecule has 0 radical (unpaired) electrons. The molecule has 2 N–H and O–H groups in total. The molecule has 3 heterocycles. The third kappa shape index (κ3) is 6.49. The zero-order valence-electron chi connectivity index (χ0n) is 25.8. The zero-order valence-corrected chi connectivity index (χ0v) is 26.6. The van der Waals surface area contributed by atoms with Gasteiger partial charge >= 0.3 is 6.03 Å². The SMILES string of the molecule is CN(C)C1(c2ccccc2)CC2(CN(CC(=O)N3CCS(O)(O)CC3)C(=O)N2CC2CCC2)C1.COc1ccnc(C#N)n1. The van der Waals surface area contributed by atoms with Crippen LogP contribution in [0.5, 0.6) is 5.88 Å². The van der Waals surface area contributed by atoms with Gasteiger partial charge in [-0.1, -0.05) is 36.8 Å². The van der Waals surface area contributed by atoms with E-state index < -0.39 is 10.6 Å². The quantitative estimate of drug-likeness (QED) is 0.472. The highest BCUT2D eigenvalue weighted by molar-refractivity contribution is 8.24. The van der Waals surface area contributed by atoms with Crippen molar-refractivity contribution in [3.05, 3.63) is 54.0 Å². The van der Waals surface area contributed by atoms with E-state index in [2.05, 4.69) is 58.1 Å². The van der Waals surface area contributed by atoms with E-state index in [1.54, 1.807) is 21.9 Å². The molecule has 6 rings (SSSR count). The lowest BCUT2D eigenvalue weighted by atomic mass is 9.58. The molecular weight excluding hydrogens is 582 g/mol. The maximum atomic E-state index is 13.6. The largest absolute Gasteiger partial charge is 0.481 e. The van der Waals surface area contributed by atoms with E-state index in [0.29, 0.717) is 31.4 Å². The molecule has 3 amide bonds. The molecule has 0 atom stereocenters. The predicted octanol–water partition coefficient (Wildman–Crippen LogP) is 3.46. The molecule has 4 fully saturated rings. The summed E-state index contributed by atoms with van der Waals surface area (Å²) in [7, 11) is 3.18. The molecule has 2 aliphatic carbocycles. The minimum atomic E-state index is -2.55. The van der Waals surface area contributed by atoms with Crippen LogP contribution in [-0.4, -0.2) is 122 Å². The number of methoxy groups -OCH3 is 1. The third-order valence-electron chi connectivity index (χ3n) is 9.63. The van der Waals surface area contributed by atoms with E-state index in [4.69, 9.17) is 10.00 Å². The Morgan fingerprint density at radius 3 is 2.41 bits per heavy atom. The second-order valence-electron chi connectivity index (χ2n) is 12.5. The Morgan fingerprint density at radius 2 is 1.84 bits per heavy atom. The van der Waals surface area contributed by atoms with Gasteiger partial charge in [0.1, 0.15) is 12.6 Å². The van der Waals surface area contributed by atoms with Crippen LogP contribution in [0.25, 0.3) is 0 Å². The lowest BCUT2D eigenvalue weighted by Crippen LogP contribution is -2.68. The van der Waals surface area contributed by atoms with Gasteiger partial charge in [0.2, 0.25) is 17.6 Å². The van der Waals surface area contributed by atoms with Crippen LogP contribution in [0.2, 0.25) is 0 Å². The van der Waals surface area contributed by atoms with Crippen LogP contribution in [0.4, 0.5) is 4.79 Å². The highest BCUT2D eigenvalue weighted by Gasteiger charge is 2.64. The number of aromatic nitrogens is 2. The first-order valence-corrected chi connectivity index (χ1v) is 17.0. The van der Waals surface area contributed by atoms with Gasteiger partial charge in [0, 0.05) is 38.4 Å². The Hall–Kier alpha value is -3.44. The minimum absolute atomic E-state index is 0.0121. The van der Waals surface area contributed by atoms with Crippen molar-refractivity contribution in [3.8, 4) is 11.9 Å². The number of carbonyl (C=O) groups excluding carboxylic acids is 2. The van der Waals surface area contributed by atoms with E-state index in [-0.39, 0.29) is 46.9 Å². The van der Waals surface area contributed by atoms with E-state index in [0.717, 1.165) is 19.4 Å². The number of rotatable bonds is 7. The van der Waals surface area contributed by atoms with Crippen LogP contribution in [0, 0.1) is 17.2 Å². The smallest absolute Gasteiger partial charge is 0.321 e. The standard InChI is InChI=1S/C25H38N4O4S.C6H5N3O/c1-26(2)25(21-9-4-3-5-10-21)17-24(18-25)19-28(23(31)29(24)15-20-7-6-8-20)16-22(30)27-11-13-34(32,33)14-12-27;1-10-6-2-3-8-5(4-7)9-6/h3-5,9-10,20,32-33H,6-8,11-19H2,1-2H3;2-3H,1H3. The number of ether oxygens (including phenoxy) is 1. The molecule has 2 aromatic rings. The summed E-state index contributed by atoms with van der Waals surface area (Å²) in [5.41, 5.74) is 0.925.